The van der Waals surface area contributed by atoms with Crippen LogP contribution in [0.15, 0.2) is 48.5 Å². The number of benzene rings is 2. The summed E-state index contributed by atoms with van der Waals surface area (Å²) < 4.78 is 0. The van der Waals surface area contributed by atoms with Crippen LogP contribution in [0.1, 0.15) is 110 Å². The lowest BCUT2D eigenvalue weighted by Crippen LogP contribution is -2.16. The first-order valence-corrected chi connectivity index (χ1v) is 13.2. The second kappa shape index (κ2) is 17.7. The maximum Gasteiger partial charge on any atom is 0.373 e. The Morgan fingerprint density at radius 3 is 1.47 bits per heavy atom. The van der Waals surface area contributed by atoms with E-state index in [0.717, 1.165) is 81.8 Å². The van der Waals surface area contributed by atoms with Crippen molar-refractivity contribution in [3.05, 3.63) is 84.0 Å². The Morgan fingerprint density at radius 2 is 1.06 bits per heavy atom. The molecule has 2 rings (SSSR count). The van der Waals surface area contributed by atoms with Crippen LogP contribution in [0, 0.1) is 13.2 Å². The molecule has 0 aliphatic carbocycles. The van der Waals surface area contributed by atoms with Gasteiger partial charge in [0, 0.05) is 6.42 Å². The number of hydrogen-bond donors (Lipinski definition) is 0. The fourth-order valence-corrected chi connectivity index (χ4v) is 3.54. The first-order valence-electron chi connectivity index (χ1n) is 13.2. The van der Waals surface area contributed by atoms with Crippen molar-refractivity contribution in [2.24, 2.45) is 0 Å². The molecule has 0 bridgehead atoms. The highest BCUT2D eigenvalue weighted by Crippen LogP contribution is 2.20. The quantitative estimate of drug-likeness (QED) is 0.119. The van der Waals surface area contributed by atoms with Crippen molar-refractivity contribution in [1.29, 1.82) is 0 Å². The Labute approximate surface area is 216 Å². The zero-order valence-electron chi connectivity index (χ0n) is 21.8. The molecule has 0 aliphatic rings. The maximum absolute atomic E-state index is 12.4. The van der Waals surface area contributed by atoms with E-state index in [0.29, 0.717) is 17.5 Å². The first-order chi connectivity index (χ1) is 17.6. The van der Waals surface area contributed by atoms with Gasteiger partial charge >= 0.3 is 18.2 Å². The highest BCUT2D eigenvalue weighted by Gasteiger charge is 2.21. The van der Waals surface area contributed by atoms with E-state index in [2.05, 4.69) is 20.8 Å². The summed E-state index contributed by atoms with van der Waals surface area (Å²) in [6, 6.07) is 14.5. The molecular weight excluding hydrogens is 456 g/mol. The monoisotopic (exact) mass is 496 g/mol. The Morgan fingerprint density at radius 1 is 0.611 bits per heavy atom. The molecule has 2 aromatic rings. The van der Waals surface area contributed by atoms with Gasteiger partial charge in [-0.3, -0.25) is 9.78 Å². The molecule has 0 saturated carbocycles. The van der Waals surface area contributed by atoms with E-state index in [1.807, 2.05) is 24.3 Å². The van der Waals surface area contributed by atoms with Crippen molar-refractivity contribution in [2.75, 3.05) is 0 Å². The van der Waals surface area contributed by atoms with Gasteiger partial charge in [-0.2, -0.15) is 0 Å². The molecule has 0 N–H and O–H groups in total. The van der Waals surface area contributed by atoms with Crippen molar-refractivity contribution in [3.8, 4) is 0 Å². The van der Waals surface area contributed by atoms with Crippen LogP contribution in [-0.4, -0.2) is 11.9 Å². The third-order valence-corrected chi connectivity index (χ3v) is 5.82. The normalized spacial score (nSPS) is 11.0. The fourth-order valence-electron chi connectivity index (χ4n) is 3.54. The molecule has 0 aliphatic heterocycles. The van der Waals surface area contributed by atoms with Gasteiger partial charge in [-0.05, 0) is 67.5 Å². The molecule has 36 heavy (non-hydrogen) atoms. The van der Waals surface area contributed by atoms with Crippen molar-refractivity contribution in [1.82, 2.24) is 0 Å². The van der Waals surface area contributed by atoms with Crippen molar-refractivity contribution < 1.29 is 29.1 Å². The predicted molar refractivity (Wildman–Crippen MR) is 139 cm³/mol. The van der Waals surface area contributed by atoms with Crippen LogP contribution < -0.4 is 0 Å². The highest BCUT2D eigenvalue weighted by molar-refractivity contribution is 5.89. The number of rotatable bonds is 18. The van der Waals surface area contributed by atoms with Gasteiger partial charge in [-0.25, -0.2) is 9.59 Å². The van der Waals surface area contributed by atoms with E-state index in [-0.39, 0.29) is 6.29 Å². The van der Waals surface area contributed by atoms with Crippen LogP contribution in [0.4, 0.5) is 0 Å². The number of hydrogen-bond acceptors (Lipinski definition) is 6. The number of carbonyl (C=O) groups excluding carboxylic acids is 2. The number of unbranched alkanes of at least 4 members (excludes halogenated alkanes) is 6. The first kappa shape index (κ1) is 29.5. The Balaban J connectivity index is 1.88. The molecule has 6 nitrogen and oxygen atoms in total. The molecule has 0 saturated heterocycles. The largest absolute Gasteiger partial charge is 0.373 e. The van der Waals surface area contributed by atoms with Crippen LogP contribution in [0.5, 0.6) is 0 Å². The molecule has 0 unspecified atom stereocenters. The second-order valence-corrected chi connectivity index (χ2v) is 8.90. The summed E-state index contributed by atoms with van der Waals surface area (Å²) in [6.07, 6.45) is 11.2. The Hall–Kier alpha value is -2.70. The van der Waals surface area contributed by atoms with Crippen molar-refractivity contribution in [3.63, 3.8) is 0 Å². The van der Waals surface area contributed by atoms with Gasteiger partial charge in [-0.1, -0.05) is 83.6 Å². The summed E-state index contributed by atoms with van der Waals surface area (Å²) in [7, 11) is 0. The van der Waals surface area contributed by atoms with Crippen LogP contribution in [-0.2, 0) is 32.4 Å². The van der Waals surface area contributed by atoms with Gasteiger partial charge in [-0.15, -0.1) is 9.78 Å². The van der Waals surface area contributed by atoms with Crippen molar-refractivity contribution >= 4 is 11.9 Å². The van der Waals surface area contributed by atoms with Crippen LogP contribution in [0.25, 0.3) is 0 Å². The Bertz CT molecular complexity index is 808. The SMILES string of the molecule is [CH2]CCCCCC[C](OOC(=O)c1ccc(CCCC)cc1)OOC(=O)c1ccc(CCCC)cc1. The zero-order valence-corrected chi connectivity index (χ0v) is 21.8. The summed E-state index contributed by atoms with van der Waals surface area (Å²) in [5, 5.41) is 0. The van der Waals surface area contributed by atoms with E-state index in [1.54, 1.807) is 24.3 Å². The van der Waals surface area contributed by atoms with Gasteiger partial charge in [0.05, 0.1) is 11.1 Å². The molecule has 0 heterocycles. The van der Waals surface area contributed by atoms with E-state index < -0.39 is 11.9 Å². The lowest BCUT2D eigenvalue weighted by Gasteiger charge is -2.14. The minimum Gasteiger partial charge on any atom is -0.289 e. The molecule has 0 amide bonds. The zero-order chi connectivity index (χ0) is 26.0. The molecule has 196 valence electrons. The summed E-state index contributed by atoms with van der Waals surface area (Å²) >= 11 is 0. The second-order valence-electron chi connectivity index (χ2n) is 8.90. The van der Waals surface area contributed by atoms with E-state index >= 15 is 0 Å². The summed E-state index contributed by atoms with van der Waals surface area (Å²) in [6.45, 7) is 8.13. The van der Waals surface area contributed by atoms with Crippen LogP contribution in [0.2, 0.25) is 0 Å². The fraction of sp³-hybridized carbons (Fsp3) is 0.467. The topological polar surface area (TPSA) is 71.1 Å². The predicted octanol–water partition coefficient (Wildman–Crippen LogP) is 7.91. The van der Waals surface area contributed by atoms with E-state index in [1.165, 1.54) is 0 Å². The van der Waals surface area contributed by atoms with Gasteiger partial charge in [0.15, 0.2) is 0 Å². The molecule has 0 aromatic heterocycles. The third kappa shape index (κ3) is 11.4. The van der Waals surface area contributed by atoms with E-state index in [9.17, 15) is 9.59 Å². The molecular formula is C30H40O6. The number of aryl methyl sites for hydroxylation is 2. The summed E-state index contributed by atoms with van der Waals surface area (Å²) in [4.78, 5) is 45.1. The molecule has 0 spiro atoms. The molecule has 2 aromatic carbocycles. The lowest BCUT2D eigenvalue weighted by atomic mass is 10.1. The average Bonchev–Trinajstić information content (AvgIpc) is 2.91. The van der Waals surface area contributed by atoms with Gasteiger partial charge < -0.3 is 0 Å². The average molecular weight is 497 g/mol. The van der Waals surface area contributed by atoms with Crippen LogP contribution in [0.3, 0.4) is 0 Å². The number of carbonyl (C=O) groups is 2. The van der Waals surface area contributed by atoms with E-state index in [4.69, 9.17) is 19.6 Å². The molecule has 0 atom stereocenters. The highest BCUT2D eigenvalue weighted by atomic mass is 17.3. The standard InChI is InChI=1S/C30H40O6/c1-4-7-10-11-12-15-28(33-35-29(31)26-20-16-24(17-21-26)13-8-5-2)34-36-30(32)27-22-18-25(19-23-27)14-9-6-3/h16-23H,1,4-15H2,2-3H3. The molecule has 6 heteroatoms. The minimum atomic E-state index is -0.649. The smallest absolute Gasteiger partial charge is 0.289 e. The van der Waals surface area contributed by atoms with Gasteiger partial charge in [0.1, 0.15) is 0 Å². The van der Waals surface area contributed by atoms with Gasteiger partial charge in [0.2, 0.25) is 0 Å². The lowest BCUT2D eigenvalue weighted by molar-refractivity contribution is -0.363. The maximum atomic E-state index is 12.4. The molecule has 0 fully saturated rings. The van der Waals surface area contributed by atoms with Crippen molar-refractivity contribution in [2.45, 2.75) is 90.9 Å². The van der Waals surface area contributed by atoms with Crippen LogP contribution >= 0.6 is 0 Å². The summed E-state index contributed by atoms with van der Waals surface area (Å²) in [5.41, 5.74) is 3.06. The summed E-state index contributed by atoms with van der Waals surface area (Å²) in [5.74, 6) is -1.30. The molecule has 2 radical (unpaired) electrons. The Kier molecular flexibility index (Phi) is 14.5. The third-order valence-electron chi connectivity index (χ3n) is 5.82. The van der Waals surface area contributed by atoms with Gasteiger partial charge in [0.25, 0.3) is 0 Å². The minimum absolute atomic E-state index is 0.0783.